The van der Waals surface area contributed by atoms with Crippen molar-refractivity contribution in [2.75, 3.05) is 11.9 Å². The maximum atomic E-state index is 12.4. The van der Waals surface area contributed by atoms with Crippen molar-refractivity contribution in [3.05, 3.63) is 47.5 Å². The molecule has 3 amide bonds. The Hall–Kier alpha value is -3.95. The Morgan fingerprint density at radius 2 is 1.58 bits per heavy atom. The molecule has 2 aromatic carbocycles. The molecule has 0 saturated carbocycles. The van der Waals surface area contributed by atoms with Gasteiger partial charge in [-0.1, -0.05) is 18.2 Å². The van der Waals surface area contributed by atoms with Gasteiger partial charge in [-0.2, -0.15) is 0 Å². The molecule has 6 N–H and O–H groups in total. The van der Waals surface area contributed by atoms with Crippen molar-refractivity contribution in [1.29, 1.82) is 0 Å². The lowest BCUT2D eigenvalue weighted by Gasteiger charge is -2.19. The third kappa shape index (κ3) is 7.11. The lowest BCUT2D eigenvalue weighted by molar-refractivity contribution is -0.120. The van der Waals surface area contributed by atoms with Crippen LogP contribution < -0.4 is 16.0 Å². The summed E-state index contributed by atoms with van der Waals surface area (Å²) >= 11 is 0. The molecule has 0 heterocycles. The number of hydrogen-bond donors (Lipinski definition) is 6. The number of benzene rings is 2. The van der Waals surface area contributed by atoms with Gasteiger partial charge in [0.05, 0.1) is 0 Å². The van der Waals surface area contributed by atoms with Crippen molar-refractivity contribution < 1.29 is 34.4 Å². The van der Waals surface area contributed by atoms with Crippen molar-refractivity contribution in [2.45, 2.75) is 32.9 Å². The highest BCUT2D eigenvalue weighted by molar-refractivity contribution is 6.05. The van der Waals surface area contributed by atoms with E-state index in [2.05, 4.69) is 16.0 Å². The number of ether oxygens (including phenoxy) is 1. The van der Waals surface area contributed by atoms with E-state index >= 15 is 0 Å². The first-order valence-electron chi connectivity index (χ1n) is 9.34. The third-order valence-corrected chi connectivity index (χ3v) is 3.87. The number of phenolic OH excluding ortho intramolecular Hbond substituents is 3. The molecule has 0 aliphatic carbocycles. The molecule has 10 heteroatoms. The molecule has 0 aliphatic heterocycles. The summed E-state index contributed by atoms with van der Waals surface area (Å²) in [6.07, 6.45) is -0.712. The Balaban J connectivity index is 1.97. The minimum atomic E-state index is -0.723. The van der Waals surface area contributed by atoms with Crippen LogP contribution in [0.4, 0.5) is 10.5 Å². The van der Waals surface area contributed by atoms with Gasteiger partial charge in [0.15, 0.2) is 17.2 Å². The minimum Gasteiger partial charge on any atom is -0.504 e. The monoisotopic (exact) mass is 431 g/mol. The van der Waals surface area contributed by atoms with E-state index < -0.39 is 40.8 Å². The first kappa shape index (κ1) is 23.3. The normalized spacial score (nSPS) is 10.8. The topological polar surface area (TPSA) is 157 Å². The van der Waals surface area contributed by atoms with Gasteiger partial charge in [0.25, 0.3) is 5.91 Å². The highest BCUT2D eigenvalue weighted by Crippen LogP contribution is 2.35. The molecule has 0 spiro atoms. The van der Waals surface area contributed by atoms with Crippen LogP contribution in [0.1, 0.15) is 36.7 Å². The van der Waals surface area contributed by atoms with Gasteiger partial charge in [-0.25, -0.2) is 4.79 Å². The molecule has 166 valence electrons. The summed E-state index contributed by atoms with van der Waals surface area (Å²) in [4.78, 5) is 36.1. The Bertz CT molecular complexity index is 960. The average Bonchev–Trinajstić information content (AvgIpc) is 2.68. The Morgan fingerprint density at radius 3 is 2.19 bits per heavy atom. The minimum absolute atomic E-state index is 0.0668. The van der Waals surface area contributed by atoms with E-state index in [4.69, 9.17) is 4.74 Å². The van der Waals surface area contributed by atoms with Crippen LogP contribution in [0.3, 0.4) is 0 Å². The fraction of sp³-hybridized carbons (Fsp3) is 0.286. The zero-order chi connectivity index (χ0) is 23.2. The molecular weight excluding hydrogens is 406 g/mol. The quantitative estimate of drug-likeness (QED) is 0.383. The van der Waals surface area contributed by atoms with Crippen molar-refractivity contribution >= 4 is 23.6 Å². The number of hydrogen-bond acceptors (Lipinski definition) is 7. The van der Waals surface area contributed by atoms with Crippen molar-refractivity contribution in [2.24, 2.45) is 0 Å². The van der Waals surface area contributed by atoms with Gasteiger partial charge in [-0.15, -0.1) is 0 Å². The van der Waals surface area contributed by atoms with Crippen molar-refractivity contribution in [3.63, 3.8) is 0 Å². The maximum Gasteiger partial charge on any atom is 0.408 e. The zero-order valence-corrected chi connectivity index (χ0v) is 17.4. The maximum absolute atomic E-state index is 12.4. The number of carbonyl (C=O) groups is 3. The number of phenols is 3. The van der Waals surface area contributed by atoms with E-state index in [0.717, 1.165) is 12.1 Å². The van der Waals surface area contributed by atoms with Crippen LogP contribution >= 0.6 is 0 Å². The molecule has 0 radical (unpaired) electrons. The summed E-state index contributed by atoms with van der Waals surface area (Å²) in [5, 5.41) is 36.1. The Morgan fingerprint density at radius 1 is 0.968 bits per heavy atom. The van der Waals surface area contributed by atoms with Gasteiger partial charge in [0.2, 0.25) is 5.91 Å². The number of alkyl carbamates (subject to hydrolysis) is 1. The predicted octanol–water partition coefficient (Wildman–Crippen LogP) is 2.20. The van der Waals surface area contributed by atoms with Gasteiger partial charge in [-0.3, -0.25) is 9.59 Å². The summed E-state index contributed by atoms with van der Waals surface area (Å²) in [5.74, 6) is -3.10. The average molecular weight is 431 g/mol. The molecule has 2 rings (SSSR count). The van der Waals surface area contributed by atoms with Crippen LogP contribution in [-0.4, -0.2) is 45.4 Å². The number of anilines is 1. The standard InChI is InChI=1S/C21H25N3O7/c1-21(2,3)31-20(30)23-11-17(27)22-10-12-6-4-5-7-14(12)24-19(29)13-8-15(25)18(28)16(26)9-13/h4-9,25-26,28H,10-11H2,1-3H3,(H,22,27)(H,23,30)(H,24,29). The van der Waals surface area contributed by atoms with Gasteiger partial charge >= 0.3 is 6.09 Å². The molecule has 0 fully saturated rings. The lowest BCUT2D eigenvalue weighted by Crippen LogP contribution is -2.39. The zero-order valence-electron chi connectivity index (χ0n) is 17.4. The van der Waals surface area contributed by atoms with Crippen LogP contribution in [0.25, 0.3) is 0 Å². The second-order valence-corrected chi connectivity index (χ2v) is 7.61. The van der Waals surface area contributed by atoms with E-state index in [1.807, 2.05) is 0 Å². The molecular formula is C21H25N3O7. The van der Waals surface area contributed by atoms with Crippen LogP contribution in [0.2, 0.25) is 0 Å². The number of nitrogens with one attached hydrogen (secondary N) is 3. The molecule has 0 aliphatic rings. The molecule has 0 aromatic heterocycles. The third-order valence-electron chi connectivity index (χ3n) is 3.87. The van der Waals surface area contributed by atoms with Gasteiger partial charge in [0.1, 0.15) is 12.1 Å². The van der Waals surface area contributed by atoms with Gasteiger partial charge in [-0.05, 0) is 44.5 Å². The first-order valence-corrected chi connectivity index (χ1v) is 9.34. The number of amides is 3. The van der Waals surface area contributed by atoms with Crippen molar-refractivity contribution in [3.8, 4) is 17.2 Å². The number of carbonyl (C=O) groups excluding carboxylic acids is 3. The molecule has 0 saturated heterocycles. The van der Waals surface area contributed by atoms with Crippen LogP contribution in [-0.2, 0) is 16.1 Å². The van der Waals surface area contributed by atoms with Gasteiger partial charge < -0.3 is 36.0 Å². The number of rotatable bonds is 6. The Labute approximate surface area is 178 Å². The van der Waals surface area contributed by atoms with E-state index in [1.54, 1.807) is 45.0 Å². The molecule has 10 nitrogen and oxygen atoms in total. The van der Waals surface area contributed by atoms with Crippen molar-refractivity contribution in [1.82, 2.24) is 10.6 Å². The summed E-state index contributed by atoms with van der Waals surface area (Å²) in [5.41, 5.74) is 0.213. The molecule has 2 aromatic rings. The molecule has 0 unspecified atom stereocenters. The summed E-state index contributed by atoms with van der Waals surface area (Å²) in [6, 6.07) is 8.71. The SMILES string of the molecule is CC(C)(C)OC(=O)NCC(=O)NCc1ccccc1NC(=O)c1cc(O)c(O)c(O)c1. The van der Waals surface area contributed by atoms with Crippen LogP contribution in [0, 0.1) is 0 Å². The fourth-order valence-electron chi connectivity index (χ4n) is 2.45. The van der Waals surface area contributed by atoms with Crippen LogP contribution in [0.5, 0.6) is 17.2 Å². The Kier molecular flexibility index (Phi) is 7.30. The second-order valence-electron chi connectivity index (χ2n) is 7.61. The largest absolute Gasteiger partial charge is 0.504 e. The second kappa shape index (κ2) is 9.70. The van der Waals surface area contributed by atoms with E-state index in [1.165, 1.54) is 0 Å². The highest BCUT2D eigenvalue weighted by atomic mass is 16.6. The number of para-hydroxylation sites is 1. The van der Waals surface area contributed by atoms with E-state index in [0.29, 0.717) is 11.3 Å². The van der Waals surface area contributed by atoms with E-state index in [9.17, 15) is 29.7 Å². The smallest absolute Gasteiger partial charge is 0.408 e. The van der Waals surface area contributed by atoms with Crippen LogP contribution in [0.15, 0.2) is 36.4 Å². The van der Waals surface area contributed by atoms with E-state index in [-0.39, 0.29) is 18.7 Å². The summed E-state index contributed by atoms with van der Waals surface area (Å²) < 4.78 is 5.05. The first-order chi connectivity index (χ1) is 14.5. The predicted molar refractivity (Wildman–Crippen MR) is 112 cm³/mol. The highest BCUT2D eigenvalue weighted by Gasteiger charge is 2.17. The summed E-state index contributed by atoms with van der Waals surface area (Å²) in [7, 11) is 0. The number of aromatic hydroxyl groups is 3. The molecule has 31 heavy (non-hydrogen) atoms. The summed E-state index contributed by atoms with van der Waals surface area (Å²) in [6.45, 7) is 4.91. The fourth-order valence-corrected chi connectivity index (χ4v) is 2.45. The molecule has 0 bridgehead atoms. The lowest BCUT2D eigenvalue weighted by atomic mass is 10.1. The molecule has 0 atom stereocenters. The van der Waals surface area contributed by atoms with Gasteiger partial charge in [0, 0.05) is 17.8 Å².